The second kappa shape index (κ2) is 9.44. The Morgan fingerprint density at radius 1 is 0.361 bits per heavy atom. The maximum Gasteiger partial charge on any atom is 0.116 e. The number of phenolic OH excluding ortho intramolecular Hbond substituents is 1. The van der Waals surface area contributed by atoms with Crippen LogP contribution in [-0.4, -0.2) is 5.11 Å². The molecule has 0 unspecified atom stereocenters. The highest BCUT2D eigenvalue weighted by Gasteiger charge is 2.14. The molecule has 0 aromatic heterocycles. The predicted octanol–water partition coefficient (Wildman–Crippen LogP) is 9.35. The number of hydrogen-bond acceptors (Lipinski definition) is 2. The molecule has 0 spiro atoms. The summed E-state index contributed by atoms with van der Waals surface area (Å²) in [5.74, 6) is 0.269. The lowest BCUT2D eigenvalue weighted by Crippen LogP contribution is -2.09. The normalized spacial score (nSPS) is 10.9. The zero-order valence-electron chi connectivity index (χ0n) is 19.8. The van der Waals surface area contributed by atoms with Crippen LogP contribution in [0, 0.1) is 0 Å². The van der Waals surface area contributed by atoms with E-state index in [1.807, 2.05) is 24.3 Å². The maximum absolute atomic E-state index is 10.1. The lowest BCUT2D eigenvalue weighted by atomic mass is 10.0. The number of benzene rings is 6. The number of phenols is 1. The molecule has 0 aliphatic heterocycles. The summed E-state index contributed by atoms with van der Waals surface area (Å²) in [6.45, 7) is 0. The largest absolute Gasteiger partial charge is 0.508 e. The molecule has 1 N–H and O–H groups in total. The Labute approximate surface area is 211 Å². The fourth-order valence-corrected chi connectivity index (χ4v) is 4.67. The number of fused-ring (bicyclic) bond motifs is 1. The van der Waals surface area contributed by atoms with Crippen molar-refractivity contribution in [3.05, 3.63) is 146 Å². The zero-order chi connectivity index (χ0) is 24.3. The minimum absolute atomic E-state index is 0.269. The van der Waals surface area contributed by atoms with Crippen molar-refractivity contribution in [3.63, 3.8) is 0 Å². The van der Waals surface area contributed by atoms with Gasteiger partial charge >= 0.3 is 0 Å². The second-order valence-corrected chi connectivity index (χ2v) is 8.88. The van der Waals surface area contributed by atoms with Gasteiger partial charge in [-0.3, -0.25) is 0 Å². The van der Waals surface area contributed by atoms with Crippen LogP contribution in [0.15, 0.2) is 146 Å². The van der Waals surface area contributed by atoms with E-state index in [4.69, 9.17) is 0 Å². The fraction of sp³-hybridized carbons (Fsp3) is 0. The summed E-state index contributed by atoms with van der Waals surface area (Å²) in [4.78, 5) is 2.26. The van der Waals surface area contributed by atoms with Gasteiger partial charge in [-0.25, -0.2) is 0 Å². The molecule has 0 aliphatic rings. The van der Waals surface area contributed by atoms with E-state index in [0.29, 0.717) is 0 Å². The highest BCUT2D eigenvalue weighted by atomic mass is 16.3. The van der Waals surface area contributed by atoms with Crippen LogP contribution in [0.25, 0.3) is 33.0 Å². The Morgan fingerprint density at radius 2 is 0.806 bits per heavy atom. The van der Waals surface area contributed by atoms with Crippen LogP contribution in [0.3, 0.4) is 0 Å². The summed E-state index contributed by atoms with van der Waals surface area (Å²) in [6, 6.07) is 50.1. The first-order valence-electron chi connectivity index (χ1n) is 12.1. The van der Waals surface area contributed by atoms with Crippen LogP contribution in [0.2, 0.25) is 0 Å². The standard InChI is InChI=1S/C34H25NO/c36-34-22-16-29-15-21-33(23-30(29)24-34)35(31-17-11-27(12-18-31)25-7-3-1-4-8-25)32-19-13-28(14-20-32)26-9-5-2-6-10-26/h1-24,36H. The van der Waals surface area contributed by atoms with Gasteiger partial charge in [-0.05, 0) is 81.6 Å². The number of aromatic hydroxyl groups is 1. The summed E-state index contributed by atoms with van der Waals surface area (Å²) < 4.78 is 0. The number of nitrogens with zero attached hydrogens (tertiary/aromatic N) is 1. The van der Waals surface area contributed by atoms with E-state index in [1.54, 1.807) is 6.07 Å². The molecule has 2 heteroatoms. The van der Waals surface area contributed by atoms with Gasteiger partial charge in [0.2, 0.25) is 0 Å². The molecule has 6 aromatic rings. The monoisotopic (exact) mass is 463 g/mol. The quantitative estimate of drug-likeness (QED) is 0.275. The topological polar surface area (TPSA) is 23.5 Å². The first kappa shape index (κ1) is 21.7. The Morgan fingerprint density at radius 3 is 1.33 bits per heavy atom. The maximum atomic E-state index is 10.1. The Balaban J connectivity index is 1.44. The van der Waals surface area contributed by atoms with Crippen LogP contribution in [0.4, 0.5) is 17.1 Å². The van der Waals surface area contributed by atoms with Crippen LogP contribution >= 0.6 is 0 Å². The summed E-state index contributed by atoms with van der Waals surface area (Å²) in [5.41, 5.74) is 7.94. The van der Waals surface area contributed by atoms with Gasteiger partial charge < -0.3 is 10.0 Å². The molecule has 6 aromatic carbocycles. The molecule has 0 bridgehead atoms. The molecule has 0 aliphatic carbocycles. The van der Waals surface area contributed by atoms with Gasteiger partial charge in [-0.15, -0.1) is 0 Å². The highest BCUT2D eigenvalue weighted by Crippen LogP contribution is 2.38. The molecular weight excluding hydrogens is 438 g/mol. The van der Waals surface area contributed by atoms with Crippen molar-refractivity contribution in [2.24, 2.45) is 0 Å². The third-order valence-electron chi connectivity index (χ3n) is 6.53. The average Bonchev–Trinajstić information content (AvgIpc) is 2.95. The number of hydrogen-bond donors (Lipinski definition) is 1. The Hall–Kier alpha value is -4.82. The third kappa shape index (κ3) is 4.33. The molecule has 172 valence electrons. The first-order chi connectivity index (χ1) is 17.7. The van der Waals surface area contributed by atoms with Crippen molar-refractivity contribution in [1.29, 1.82) is 0 Å². The van der Waals surface area contributed by atoms with E-state index >= 15 is 0 Å². The molecule has 0 heterocycles. The lowest BCUT2D eigenvalue weighted by Gasteiger charge is -2.26. The summed E-state index contributed by atoms with van der Waals surface area (Å²) in [6.07, 6.45) is 0. The second-order valence-electron chi connectivity index (χ2n) is 8.88. The molecule has 0 radical (unpaired) electrons. The van der Waals surface area contributed by atoms with Crippen molar-refractivity contribution in [1.82, 2.24) is 0 Å². The van der Waals surface area contributed by atoms with E-state index in [9.17, 15) is 5.11 Å². The van der Waals surface area contributed by atoms with Gasteiger partial charge in [0, 0.05) is 17.1 Å². The van der Waals surface area contributed by atoms with Gasteiger partial charge in [0.05, 0.1) is 0 Å². The number of rotatable bonds is 5. The molecular formula is C34H25NO. The molecule has 2 nitrogen and oxygen atoms in total. The van der Waals surface area contributed by atoms with Crippen LogP contribution in [-0.2, 0) is 0 Å². The summed E-state index contributed by atoms with van der Waals surface area (Å²) in [7, 11) is 0. The summed E-state index contributed by atoms with van der Waals surface area (Å²) in [5, 5.41) is 12.2. The highest BCUT2D eigenvalue weighted by molar-refractivity contribution is 5.90. The first-order valence-corrected chi connectivity index (χ1v) is 12.1. The molecule has 0 amide bonds. The van der Waals surface area contributed by atoms with Gasteiger partial charge in [0.15, 0.2) is 0 Å². The molecule has 0 fully saturated rings. The third-order valence-corrected chi connectivity index (χ3v) is 6.53. The molecule has 0 saturated heterocycles. The van der Waals surface area contributed by atoms with Gasteiger partial charge in [0.25, 0.3) is 0 Å². The average molecular weight is 464 g/mol. The minimum Gasteiger partial charge on any atom is -0.508 e. The van der Waals surface area contributed by atoms with E-state index in [1.165, 1.54) is 22.3 Å². The summed E-state index contributed by atoms with van der Waals surface area (Å²) >= 11 is 0. The Kier molecular flexibility index (Phi) is 5.69. The van der Waals surface area contributed by atoms with Crippen LogP contribution in [0.1, 0.15) is 0 Å². The van der Waals surface area contributed by atoms with Crippen molar-refractivity contribution in [3.8, 4) is 28.0 Å². The van der Waals surface area contributed by atoms with Gasteiger partial charge in [0.1, 0.15) is 5.75 Å². The fourth-order valence-electron chi connectivity index (χ4n) is 4.67. The van der Waals surface area contributed by atoms with Crippen molar-refractivity contribution < 1.29 is 5.11 Å². The van der Waals surface area contributed by atoms with Crippen LogP contribution in [0.5, 0.6) is 5.75 Å². The molecule has 36 heavy (non-hydrogen) atoms. The SMILES string of the molecule is Oc1ccc2ccc(N(c3ccc(-c4ccccc4)cc3)c3ccc(-c4ccccc4)cc3)cc2c1. The molecule has 0 atom stereocenters. The zero-order valence-corrected chi connectivity index (χ0v) is 19.8. The molecule has 0 saturated carbocycles. The van der Waals surface area contributed by atoms with E-state index in [-0.39, 0.29) is 5.75 Å². The van der Waals surface area contributed by atoms with E-state index in [0.717, 1.165) is 27.8 Å². The van der Waals surface area contributed by atoms with E-state index < -0.39 is 0 Å². The lowest BCUT2D eigenvalue weighted by molar-refractivity contribution is 0.476. The van der Waals surface area contributed by atoms with Crippen LogP contribution < -0.4 is 4.90 Å². The van der Waals surface area contributed by atoms with E-state index in [2.05, 4.69) is 120 Å². The van der Waals surface area contributed by atoms with Crippen molar-refractivity contribution >= 4 is 27.8 Å². The van der Waals surface area contributed by atoms with Crippen molar-refractivity contribution in [2.45, 2.75) is 0 Å². The Bertz CT molecular complexity index is 1520. The van der Waals surface area contributed by atoms with Gasteiger partial charge in [-0.2, -0.15) is 0 Å². The predicted molar refractivity (Wildman–Crippen MR) is 151 cm³/mol. The van der Waals surface area contributed by atoms with Gasteiger partial charge in [-0.1, -0.05) is 97.1 Å². The number of anilines is 3. The minimum atomic E-state index is 0.269. The van der Waals surface area contributed by atoms with Crippen molar-refractivity contribution in [2.75, 3.05) is 4.90 Å². The smallest absolute Gasteiger partial charge is 0.116 e. The molecule has 6 rings (SSSR count).